The summed E-state index contributed by atoms with van der Waals surface area (Å²) in [6.45, 7) is 2.26. The number of carbonyl (C=O) groups is 1. The molecule has 0 N–H and O–H groups in total. The van der Waals surface area contributed by atoms with Crippen LogP contribution in [0, 0.1) is 17.0 Å². The van der Waals surface area contributed by atoms with Gasteiger partial charge >= 0.3 is 5.82 Å². The summed E-state index contributed by atoms with van der Waals surface area (Å²) >= 11 is 0. The Morgan fingerprint density at radius 2 is 2.30 bits per heavy atom. The van der Waals surface area contributed by atoms with E-state index < -0.39 is 4.92 Å². The molecule has 2 rings (SSSR count). The fourth-order valence-electron chi connectivity index (χ4n) is 1.81. The molecule has 104 valence electrons. The molecule has 0 saturated carbocycles. The molecule has 0 aliphatic heterocycles. The molecule has 0 fully saturated rings. The Labute approximate surface area is 115 Å². The van der Waals surface area contributed by atoms with Crippen LogP contribution in [0.2, 0.25) is 0 Å². The van der Waals surface area contributed by atoms with Crippen LogP contribution in [0.3, 0.4) is 0 Å². The van der Waals surface area contributed by atoms with Crippen LogP contribution in [0.1, 0.15) is 16.2 Å². The predicted octanol–water partition coefficient (Wildman–Crippen LogP) is 1.99. The number of hydrogen-bond acceptors (Lipinski definition) is 5. The molecule has 20 heavy (non-hydrogen) atoms. The van der Waals surface area contributed by atoms with Crippen LogP contribution in [0.4, 0.5) is 5.82 Å². The predicted molar refractivity (Wildman–Crippen MR) is 70.9 cm³/mol. The highest BCUT2D eigenvalue weighted by molar-refractivity contribution is 5.75. The molecule has 0 unspecified atom stereocenters. The van der Waals surface area contributed by atoms with Crippen molar-refractivity contribution in [3.05, 3.63) is 52.0 Å². The maximum atomic E-state index is 10.8. The van der Waals surface area contributed by atoms with Crippen molar-refractivity contribution in [1.29, 1.82) is 0 Å². The molecule has 0 aliphatic rings. The molecule has 0 atom stereocenters. The fraction of sp³-hybridized carbons (Fsp3) is 0.231. The first-order valence-electron chi connectivity index (χ1n) is 5.96. The van der Waals surface area contributed by atoms with Crippen molar-refractivity contribution in [1.82, 2.24) is 9.55 Å². The number of imidazole rings is 1. The highest BCUT2D eigenvalue weighted by atomic mass is 16.6. The highest BCUT2D eigenvalue weighted by Crippen LogP contribution is 2.15. The van der Waals surface area contributed by atoms with Crippen molar-refractivity contribution in [3.8, 4) is 5.75 Å². The molecule has 0 radical (unpaired) electrons. The van der Waals surface area contributed by atoms with E-state index in [1.165, 1.54) is 10.8 Å². The van der Waals surface area contributed by atoms with Crippen molar-refractivity contribution < 1.29 is 14.5 Å². The van der Waals surface area contributed by atoms with E-state index in [0.29, 0.717) is 23.7 Å². The number of hydrogen-bond donors (Lipinski definition) is 0. The van der Waals surface area contributed by atoms with Crippen LogP contribution in [0.25, 0.3) is 0 Å². The lowest BCUT2D eigenvalue weighted by molar-refractivity contribution is -0.392. The second kappa shape index (κ2) is 5.96. The minimum Gasteiger partial charge on any atom is -0.489 e. The monoisotopic (exact) mass is 275 g/mol. The molecule has 0 spiro atoms. The maximum absolute atomic E-state index is 10.8. The average Bonchev–Trinajstić information content (AvgIpc) is 2.81. The van der Waals surface area contributed by atoms with E-state index >= 15 is 0 Å². The molecule has 0 bridgehead atoms. The van der Waals surface area contributed by atoms with E-state index in [-0.39, 0.29) is 12.4 Å². The Morgan fingerprint density at radius 3 is 3.00 bits per heavy atom. The zero-order valence-electron chi connectivity index (χ0n) is 10.9. The third-order valence-electron chi connectivity index (χ3n) is 2.80. The topological polar surface area (TPSA) is 87.3 Å². The molecule has 7 nitrogen and oxygen atoms in total. The Balaban J connectivity index is 2.01. The third kappa shape index (κ3) is 3.00. The van der Waals surface area contributed by atoms with E-state index in [0.717, 1.165) is 6.29 Å². The summed E-state index contributed by atoms with van der Waals surface area (Å²) in [5, 5.41) is 10.8. The first-order chi connectivity index (χ1) is 9.61. The molecule has 0 aliphatic carbocycles. The van der Waals surface area contributed by atoms with Gasteiger partial charge in [0.25, 0.3) is 0 Å². The van der Waals surface area contributed by atoms with Gasteiger partial charge < -0.3 is 14.9 Å². The summed E-state index contributed by atoms with van der Waals surface area (Å²) in [4.78, 5) is 24.9. The van der Waals surface area contributed by atoms with Gasteiger partial charge in [0, 0.05) is 12.5 Å². The summed E-state index contributed by atoms with van der Waals surface area (Å²) in [5.41, 5.74) is 0.521. The Morgan fingerprint density at radius 1 is 1.50 bits per heavy atom. The van der Waals surface area contributed by atoms with E-state index in [2.05, 4.69) is 4.98 Å². The smallest absolute Gasteiger partial charge is 0.342 e. The SMILES string of the molecule is Cc1ncc([N+](=O)[O-])n1CCOc1cccc(C=O)c1. The normalized spacial score (nSPS) is 10.2. The average molecular weight is 275 g/mol. The van der Waals surface area contributed by atoms with Gasteiger partial charge in [-0.15, -0.1) is 0 Å². The van der Waals surface area contributed by atoms with Gasteiger partial charge in [0.1, 0.15) is 31.4 Å². The maximum Gasteiger partial charge on any atom is 0.342 e. The number of rotatable bonds is 6. The largest absolute Gasteiger partial charge is 0.489 e. The van der Waals surface area contributed by atoms with Crippen LogP contribution < -0.4 is 4.74 Å². The lowest BCUT2D eigenvalue weighted by Crippen LogP contribution is -2.11. The first-order valence-corrected chi connectivity index (χ1v) is 5.96. The van der Waals surface area contributed by atoms with E-state index in [1.54, 1.807) is 31.2 Å². The van der Waals surface area contributed by atoms with Crippen LogP contribution in [-0.4, -0.2) is 27.4 Å². The Hall–Kier alpha value is -2.70. The van der Waals surface area contributed by atoms with Crippen LogP contribution in [-0.2, 0) is 6.54 Å². The zero-order chi connectivity index (χ0) is 14.5. The summed E-state index contributed by atoms with van der Waals surface area (Å²) in [5.74, 6) is 1.05. The van der Waals surface area contributed by atoms with Gasteiger partial charge in [-0.3, -0.25) is 4.79 Å². The van der Waals surface area contributed by atoms with Crippen molar-refractivity contribution in [2.24, 2.45) is 0 Å². The Kier molecular flexibility index (Phi) is 4.09. The van der Waals surface area contributed by atoms with Crippen LogP contribution >= 0.6 is 0 Å². The molecule has 1 aromatic carbocycles. The number of aldehydes is 1. The molecule has 0 saturated heterocycles. The summed E-state index contributed by atoms with van der Waals surface area (Å²) in [6.07, 6.45) is 1.96. The summed E-state index contributed by atoms with van der Waals surface area (Å²) < 4.78 is 6.96. The zero-order valence-corrected chi connectivity index (χ0v) is 10.9. The minimum absolute atomic E-state index is 0.0623. The van der Waals surface area contributed by atoms with Gasteiger partial charge in [-0.05, 0) is 17.1 Å². The van der Waals surface area contributed by atoms with Gasteiger partial charge in [-0.1, -0.05) is 12.1 Å². The first kappa shape index (κ1) is 13.7. The molecule has 0 amide bonds. The number of aromatic nitrogens is 2. The van der Waals surface area contributed by atoms with Gasteiger partial charge in [0.15, 0.2) is 5.82 Å². The highest BCUT2D eigenvalue weighted by Gasteiger charge is 2.16. The quantitative estimate of drug-likeness (QED) is 0.457. The lowest BCUT2D eigenvalue weighted by Gasteiger charge is -2.06. The van der Waals surface area contributed by atoms with Crippen molar-refractivity contribution >= 4 is 12.1 Å². The second-order valence-electron chi connectivity index (χ2n) is 4.11. The number of carbonyl (C=O) groups excluding carboxylic acids is 1. The number of nitrogens with zero attached hydrogens (tertiary/aromatic N) is 3. The van der Waals surface area contributed by atoms with E-state index in [4.69, 9.17) is 4.74 Å². The standard InChI is InChI=1S/C13H13N3O4/c1-10-14-8-13(16(18)19)15(10)5-6-20-12-4-2-3-11(7-12)9-17/h2-4,7-9H,5-6H2,1H3. The lowest BCUT2D eigenvalue weighted by atomic mass is 10.2. The number of aryl methyl sites for hydroxylation is 1. The van der Waals surface area contributed by atoms with Crippen LogP contribution in [0.15, 0.2) is 30.5 Å². The summed E-state index contributed by atoms with van der Waals surface area (Å²) in [7, 11) is 0. The summed E-state index contributed by atoms with van der Waals surface area (Å²) in [6, 6.07) is 6.72. The van der Waals surface area contributed by atoms with Gasteiger partial charge in [-0.2, -0.15) is 0 Å². The van der Waals surface area contributed by atoms with Crippen molar-refractivity contribution in [2.75, 3.05) is 6.61 Å². The Bertz CT molecular complexity index is 636. The van der Waals surface area contributed by atoms with Gasteiger partial charge in [0.2, 0.25) is 0 Å². The molecular weight excluding hydrogens is 262 g/mol. The van der Waals surface area contributed by atoms with Crippen molar-refractivity contribution in [2.45, 2.75) is 13.5 Å². The minimum atomic E-state index is -0.479. The van der Waals surface area contributed by atoms with E-state index in [1.807, 2.05) is 0 Å². The number of ether oxygens (including phenoxy) is 1. The van der Waals surface area contributed by atoms with E-state index in [9.17, 15) is 14.9 Å². The fourth-order valence-corrected chi connectivity index (χ4v) is 1.81. The molecule has 7 heteroatoms. The molecular formula is C13H13N3O4. The van der Waals surface area contributed by atoms with Gasteiger partial charge in [0.05, 0.1) is 0 Å². The third-order valence-corrected chi connectivity index (χ3v) is 2.80. The number of nitro groups is 1. The number of benzene rings is 1. The van der Waals surface area contributed by atoms with Gasteiger partial charge in [-0.25, -0.2) is 9.55 Å². The second-order valence-corrected chi connectivity index (χ2v) is 4.11. The van der Waals surface area contributed by atoms with Crippen molar-refractivity contribution in [3.63, 3.8) is 0 Å². The molecule has 1 aromatic heterocycles. The molecule has 2 aromatic rings. The molecule has 1 heterocycles. The van der Waals surface area contributed by atoms with Crippen LogP contribution in [0.5, 0.6) is 5.75 Å².